The van der Waals surface area contributed by atoms with Crippen molar-refractivity contribution < 1.29 is 53.8 Å². The predicted molar refractivity (Wildman–Crippen MR) is 139 cm³/mol. The molecule has 2 aliphatic heterocycles. The third kappa shape index (κ3) is 6.30. The van der Waals surface area contributed by atoms with Crippen LogP contribution in [0.5, 0.6) is 0 Å². The van der Waals surface area contributed by atoms with Gasteiger partial charge in [-0.15, -0.1) is 0 Å². The van der Waals surface area contributed by atoms with E-state index in [1.165, 1.54) is 11.8 Å². The van der Waals surface area contributed by atoms with Crippen molar-refractivity contribution in [3.05, 3.63) is 59.4 Å². The van der Waals surface area contributed by atoms with E-state index in [2.05, 4.69) is 5.32 Å². The van der Waals surface area contributed by atoms with Crippen molar-refractivity contribution in [3.8, 4) is 0 Å². The SMILES string of the molecule is CC(=O)NC1CCN(C(=O)C[C@@H]2CCc3cc(C(O)(C(F)(F)F)C(F)(F)F)ccc3N2S(=O)(=O)c2ccc(F)cc2)CC1. The number of halogens is 7. The van der Waals surface area contributed by atoms with E-state index >= 15 is 0 Å². The van der Waals surface area contributed by atoms with Crippen LogP contribution < -0.4 is 9.62 Å². The van der Waals surface area contributed by atoms with Crippen molar-refractivity contribution in [2.45, 2.75) is 74.0 Å². The smallest absolute Gasteiger partial charge is 0.369 e. The number of amides is 2. The van der Waals surface area contributed by atoms with Crippen LogP contribution in [-0.4, -0.2) is 67.8 Å². The molecule has 0 bridgehead atoms. The van der Waals surface area contributed by atoms with Gasteiger partial charge in [0.05, 0.1) is 16.6 Å². The maximum atomic E-state index is 13.8. The van der Waals surface area contributed by atoms with Crippen LogP contribution in [0.1, 0.15) is 43.7 Å². The van der Waals surface area contributed by atoms with E-state index in [-0.39, 0.29) is 55.6 Å². The van der Waals surface area contributed by atoms with Crippen molar-refractivity contribution >= 4 is 27.5 Å². The molecule has 2 aromatic rings. The quantitative estimate of drug-likeness (QED) is 0.462. The van der Waals surface area contributed by atoms with Crippen LogP contribution in [0.15, 0.2) is 47.4 Å². The molecule has 0 saturated carbocycles. The first-order valence-electron chi connectivity index (χ1n) is 13.2. The first-order chi connectivity index (χ1) is 19.9. The number of alkyl halides is 6. The molecule has 0 unspecified atom stereocenters. The van der Waals surface area contributed by atoms with Gasteiger partial charge in [0.2, 0.25) is 11.8 Å². The lowest BCUT2D eigenvalue weighted by Gasteiger charge is -2.40. The molecule has 2 aliphatic rings. The zero-order valence-electron chi connectivity index (χ0n) is 22.7. The number of aryl methyl sites for hydroxylation is 1. The van der Waals surface area contributed by atoms with Gasteiger partial charge < -0.3 is 15.3 Å². The van der Waals surface area contributed by atoms with Gasteiger partial charge in [0.1, 0.15) is 5.82 Å². The van der Waals surface area contributed by atoms with E-state index < -0.39 is 56.2 Å². The number of hydrogen-bond donors (Lipinski definition) is 2. The van der Waals surface area contributed by atoms with Crippen molar-refractivity contribution in [3.63, 3.8) is 0 Å². The minimum absolute atomic E-state index is 0.139. The molecular formula is C27H28F7N3O5S. The Morgan fingerprint density at radius 1 is 0.953 bits per heavy atom. The molecule has 43 heavy (non-hydrogen) atoms. The summed E-state index contributed by atoms with van der Waals surface area (Å²) in [6, 6.07) is 3.97. The molecule has 0 aliphatic carbocycles. The normalized spacial score (nSPS) is 18.8. The average Bonchev–Trinajstić information content (AvgIpc) is 2.91. The van der Waals surface area contributed by atoms with Crippen LogP contribution >= 0.6 is 0 Å². The number of piperidine rings is 1. The topological polar surface area (TPSA) is 107 Å². The minimum Gasteiger partial charge on any atom is -0.369 e. The van der Waals surface area contributed by atoms with Crippen LogP contribution in [0.25, 0.3) is 0 Å². The number of hydrogen-bond acceptors (Lipinski definition) is 5. The maximum absolute atomic E-state index is 13.8. The van der Waals surface area contributed by atoms with Crippen molar-refractivity contribution in [1.29, 1.82) is 0 Å². The Kier molecular flexibility index (Phi) is 8.77. The largest absolute Gasteiger partial charge is 0.430 e. The first kappa shape index (κ1) is 32.5. The molecule has 2 aromatic carbocycles. The minimum atomic E-state index is -6.14. The summed E-state index contributed by atoms with van der Waals surface area (Å²) < 4.78 is 123. The fraction of sp³-hybridized carbons (Fsp3) is 0.481. The zero-order chi connectivity index (χ0) is 32.0. The van der Waals surface area contributed by atoms with Crippen LogP contribution in [-0.2, 0) is 31.6 Å². The van der Waals surface area contributed by atoms with Crippen molar-refractivity contribution in [2.75, 3.05) is 17.4 Å². The lowest BCUT2D eigenvalue weighted by Crippen LogP contribution is -2.54. The van der Waals surface area contributed by atoms with Gasteiger partial charge in [-0.05, 0) is 61.6 Å². The predicted octanol–water partition coefficient (Wildman–Crippen LogP) is 4.17. The van der Waals surface area contributed by atoms with Crippen LogP contribution in [0.4, 0.5) is 36.4 Å². The van der Waals surface area contributed by atoms with Gasteiger partial charge in [0, 0.05) is 38.0 Å². The molecular weight excluding hydrogens is 611 g/mol. The Bertz CT molecular complexity index is 1460. The summed E-state index contributed by atoms with van der Waals surface area (Å²) in [6.45, 7) is 1.91. The number of fused-ring (bicyclic) bond motifs is 1. The Labute approximate surface area is 242 Å². The molecule has 2 amide bonds. The highest BCUT2D eigenvalue weighted by Crippen LogP contribution is 2.51. The molecule has 1 fully saturated rings. The van der Waals surface area contributed by atoms with Gasteiger partial charge >= 0.3 is 12.4 Å². The Balaban J connectivity index is 1.71. The Morgan fingerprint density at radius 2 is 1.53 bits per heavy atom. The highest BCUT2D eigenvalue weighted by atomic mass is 32.2. The molecule has 8 nitrogen and oxygen atoms in total. The standard InChI is InChI=1S/C27H28F7N3O5S/c1-16(38)35-20-10-12-36(13-11-20)24(39)15-21-6-2-17-14-18(25(40,26(29,30)31)27(32,33)34)3-9-23(17)37(21)43(41,42)22-7-4-19(28)5-8-22/h3-5,7-9,14,20-21,40H,2,6,10-13,15H2,1H3,(H,35,38)/t21-/m0/s1. The number of anilines is 1. The van der Waals surface area contributed by atoms with Gasteiger partial charge in [-0.2, -0.15) is 26.3 Å². The second kappa shape index (κ2) is 11.6. The van der Waals surface area contributed by atoms with E-state index in [0.29, 0.717) is 25.0 Å². The van der Waals surface area contributed by atoms with Gasteiger partial charge in [0.25, 0.3) is 15.6 Å². The van der Waals surface area contributed by atoms with E-state index in [1.807, 2.05) is 0 Å². The van der Waals surface area contributed by atoms with Crippen molar-refractivity contribution in [1.82, 2.24) is 10.2 Å². The number of benzene rings is 2. The second-order valence-electron chi connectivity index (χ2n) is 10.6. The zero-order valence-corrected chi connectivity index (χ0v) is 23.5. The summed E-state index contributed by atoms with van der Waals surface area (Å²) in [4.78, 5) is 25.7. The fourth-order valence-electron chi connectivity index (χ4n) is 5.47. The van der Waals surface area contributed by atoms with E-state index in [4.69, 9.17) is 0 Å². The Morgan fingerprint density at radius 3 is 2.07 bits per heavy atom. The number of sulfonamides is 1. The monoisotopic (exact) mass is 639 g/mol. The Hall–Kier alpha value is -3.40. The number of rotatable bonds is 6. The van der Waals surface area contributed by atoms with E-state index in [9.17, 15) is 53.8 Å². The summed E-state index contributed by atoms with van der Waals surface area (Å²) in [5, 5.41) is 12.6. The van der Waals surface area contributed by atoms with E-state index in [0.717, 1.165) is 34.6 Å². The molecule has 2 N–H and O–H groups in total. The molecule has 16 heteroatoms. The molecule has 236 valence electrons. The number of nitrogens with zero attached hydrogens (tertiary/aromatic N) is 2. The molecule has 1 saturated heterocycles. The van der Waals surface area contributed by atoms with Crippen LogP contribution in [0.3, 0.4) is 0 Å². The van der Waals surface area contributed by atoms with Crippen molar-refractivity contribution in [2.24, 2.45) is 0 Å². The number of aliphatic hydroxyl groups is 1. The summed E-state index contributed by atoms with van der Waals surface area (Å²) >= 11 is 0. The molecule has 1 atom stereocenters. The molecule has 2 heterocycles. The molecule has 0 aromatic heterocycles. The third-order valence-corrected chi connectivity index (χ3v) is 9.55. The lowest BCUT2D eigenvalue weighted by atomic mass is 9.87. The number of carbonyl (C=O) groups excluding carboxylic acids is 2. The molecule has 0 radical (unpaired) electrons. The molecule has 4 rings (SSSR count). The van der Waals surface area contributed by atoms with Crippen LogP contribution in [0, 0.1) is 5.82 Å². The lowest BCUT2D eigenvalue weighted by molar-refractivity contribution is -0.376. The van der Waals surface area contributed by atoms with Gasteiger partial charge in [-0.3, -0.25) is 13.9 Å². The fourth-order valence-corrected chi connectivity index (χ4v) is 7.19. The summed E-state index contributed by atoms with van der Waals surface area (Å²) in [5.74, 6) is -1.41. The second-order valence-corrected chi connectivity index (χ2v) is 12.4. The third-order valence-electron chi connectivity index (χ3n) is 7.67. The number of likely N-dealkylation sites (tertiary alicyclic amines) is 1. The van der Waals surface area contributed by atoms with Gasteiger partial charge in [0.15, 0.2) is 0 Å². The number of nitrogens with one attached hydrogen (secondary N) is 1. The highest BCUT2D eigenvalue weighted by molar-refractivity contribution is 7.92. The summed E-state index contributed by atoms with van der Waals surface area (Å²) in [7, 11) is -4.60. The highest BCUT2D eigenvalue weighted by Gasteiger charge is 2.71. The summed E-state index contributed by atoms with van der Waals surface area (Å²) in [5.41, 5.74) is -7.25. The van der Waals surface area contributed by atoms with E-state index in [1.54, 1.807) is 0 Å². The van der Waals surface area contributed by atoms with Gasteiger partial charge in [-0.1, -0.05) is 12.1 Å². The molecule has 0 spiro atoms. The summed E-state index contributed by atoms with van der Waals surface area (Å²) in [6.07, 6.45) is -12.1. The average molecular weight is 640 g/mol. The first-order valence-corrected chi connectivity index (χ1v) is 14.6. The number of carbonyl (C=O) groups is 2. The maximum Gasteiger partial charge on any atom is 0.430 e. The van der Waals surface area contributed by atoms with Crippen LogP contribution in [0.2, 0.25) is 0 Å². The van der Waals surface area contributed by atoms with Gasteiger partial charge in [-0.25, -0.2) is 12.8 Å².